The summed E-state index contributed by atoms with van der Waals surface area (Å²) < 4.78 is 41.3. The van der Waals surface area contributed by atoms with Gasteiger partial charge in [0.05, 0.1) is 6.42 Å². The number of hydrogen-bond acceptors (Lipinski definition) is 3. The van der Waals surface area contributed by atoms with Gasteiger partial charge in [-0.25, -0.2) is 9.97 Å². The lowest BCUT2D eigenvalue weighted by atomic mass is 9.85. The molecule has 8 heteroatoms. The maximum absolute atomic E-state index is 13.2. The minimum Gasteiger partial charge on any atom is -0.326 e. The van der Waals surface area contributed by atoms with Crippen molar-refractivity contribution in [1.29, 1.82) is 0 Å². The fourth-order valence-corrected chi connectivity index (χ4v) is 3.68. The highest BCUT2D eigenvalue weighted by Crippen LogP contribution is 2.39. The zero-order valence-electron chi connectivity index (χ0n) is 14.2. The quantitative estimate of drug-likeness (QED) is 0.733. The van der Waals surface area contributed by atoms with Crippen molar-refractivity contribution in [1.82, 2.24) is 14.5 Å². The Kier molecular flexibility index (Phi) is 3.35. The number of imidazole rings is 1. The summed E-state index contributed by atoms with van der Waals surface area (Å²) in [7, 11) is 0. The second-order valence-corrected chi connectivity index (χ2v) is 7.04. The van der Waals surface area contributed by atoms with Crippen LogP contribution in [0.25, 0.3) is 16.9 Å². The Bertz CT molecular complexity index is 1080. The molecule has 5 nitrogen and oxygen atoms in total. The van der Waals surface area contributed by atoms with Gasteiger partial charge >= 0.3 is 6.18 Å². The Morgan fingerprint density at radius 2 is 1.93 bits per heavy atom. The van der Waals surface area contributed by atoms with Crippen molar-refractivity contribution in [3.05, 3.63) is 47.4 Å². The Labute approximate surface area is 152 Å². The van der Waals surface area contributed by atoms with Crippen molar-refractivity contribution >= 4 is 22.8 Å². The SMILES string of the molecule is O=C1Cc2cc(-n3c(C4CCC4)nc4ccc(C(F)(F)F)nc43)ccc2N1. The Hall–Kier alpha value is -2.90. The highest BCUT2D eigenvalue weighted by Gasteiger charge is 2.34. The number of aromatic nitrogens is 3. The Balaban J connectivity index is 1.73. The number of carbonyl (C=O) groups is 1. The molecule has 3 heterocycles. The molecule has 0 unspecified atom stereocenters. The molecular weight excluding hydrogens is 357 g/mol. The van der Waals surface area contributed by atoms with Gasteiger partial charge in [-0.1, -0.05) is 6.42 Å². The number of carbonyl (C=O) groups excluding carboxylic acids is 1. The fraction of sp³-hybridized carbons (Fsp3) is 0.316. The monoisotopic (exact) mass is 372 g/mol. The van der Waals surface area contributed by atoms with Crippen molar-refractivity contribution in [3.8, 4) is 5.69 Å². The zero-order chi connectivity index (χ0) is 18.8. The normalized spacial score (nSPS) is 17.1. The van der Waals surface area contributed by atoms with E-state index in [1.54, 1.807) is 16.7 Å². The molecule has 138 valence electrons. The molecule has 0 radical (unpaired) electrons. The second kappa shape index (κ2) is 5.55. The summed E-state index contributed by atoms with van der Waals surface area (Å²) in [5, 5.41) is 2.77. The van der Waals surface area contributed by atoms with Gasteiger partial charge in [0.25, 0.3) is 0 Å². The zero-order valence-corrected chi connectivity index (χ0v) is 14.2. The van der Waals surface area contributed by atoms with Crippen LogP contribution in [0.2, 0.25) is 0 Å². The van der Waals surface area contributed by atoms with Crippen LogP contribution in [0.1, 0.15) is 42.3 Å². The lowest BCUT2D eigenvalue weighted by Crippen LogP contribution is -2.15. The van der Waals surface area contributed by atoms with E-state index in [9.17, 15) is 18.0 Å². The first-order valence-electron chi connectivity index (χ1n) is 8.80. The van der Waals surface area contributed by atoms with Crippen LogP contribution < -0.4 is 5.32 Å². The maximum atomic E-state index is 13.2. The Morgan fingerprint density at radius 1 is 1.11 bits per heavy atom. The minimum absolute atomic E-state index is 0.0886. The van der Waals surface area contributed by atoms with E-state index in [0.29, 0.717) is 11.2 Å². The number of nitrogens with zero attached hydrogens (tertiary/aromatic N) is 3. The minimum atomic E-state index is -4.52. The van der Waals surface area contributed by atoms with E-state index in [0.717, 1.165) is 42.4 Å². The molecule has 3 aromatic rings. The predicted molar refractivity (Wildman–Crippen MR) is 92.8 cm³/mol. The maximum Gasteiger partial charge on any atom is 0.433 e. The highest BCUT2D eigenvalue weighted by molar-refractivity contribution is 5.99. The summed E-state index contributed by atoms with van der Waals surface area (Å²) in [5.74, 6) is 0.858. The third kappa shape index (κ3) is 2.58. The summed E-state index contributed by atoms with van der Waals surface area (Å²) in [6.07, 6.45) is -1.26. The fourth-order valence-electron chi connectivity index (χ4n) is 3.68. The van der Waals surface area contributed by atoms with Crippen LogP contribution in [0.4, 0.5) is 18.9 Å². The van der Waals surface area contributed by atoms with Gasteiger partial charge < -0.3 is 5.32 Å². The van der Waals surface area contributed by atoms with Crippen molar-refractivity contribution < 1.29 is 18.0 Å². The van der Waals surface area contributed by atoms with Crippen LogP contribution in [0, 0.1) is 0 Å². The average Bonchev–Trinajstić information content (AvgIpc) is 3.10. The molecule has 5 rings (SSSR count). The smallest absolute Gasteiger partial charge is 0.326 e. The molecule has 1 aromatic carbocycles. The summed E-state index contributed by atoms with van der Waals surface area (Å²) in [4.78, 5) is 20.1. The number of rotatable bonds is 2. The number of hydrogen-bond donors (Lipinski definition) is 1. The molecule has 0 saturated heterocycles. The van der Waals surface area contributed by atoms with Crippen molar-refractivity contribution in [2.45, 2.75) is 37.8 Å². The number of anilines is 1. The lowest BCUT2D eigenvalue weighted by Gasteiger charge is -2.25. The van der Waals surface area contributed by atoms with E-state index in [1.807, 2.05) is 6.07 Å². The molecule has 1 amide bonds. The van der Waals surface area contributed by atoms with Gasteiger partial charge in [0.15, 0.2) is 5.65 Å². The second-order valence-electron chi connectivity index (χ2n) is 7.04. The summed E-state index contributed by atoms with van der Waals surface area (Å²) >= 11 is 0. The van der Waals surface area contributed by atoms with E-state index >= 15 is 0 Å². The van der Waals surface area contributed by atoms with Crippen molar-refractivity contribution in [2.24, 2.45) is 0 Å². The molecule has 1 N–H and O–H groups in total. The van der Waals surface area contributed by atoms with Crippen LogP contribution in [0.3, 0.4) is 0 Å². The van der Waals surface area contributed by atoms with E-state index < -0.39 is 11.9 Å². The molecule has 2 aromatic heterocycles. The molecule has 1 saturated carbocycles. The molecule has 2 aliphatic rings. The van der Waals surface area contributed by atoms with E-state index in [4.69, 9.17) is 0 Å². The average molecular weight is 372 g/mol. The molecule has 1 fully saturated rings. The molecule has 0 atom stereocenters. The largest absolute Gasteiger partial charge is 0.433 e. The summed E-state index contributed by atoms with van der Waals surface area (Å²) in [5.41, 5.74) is 1.95. The molecule has 0 bridgehead atoms. The number of amides is 1. The van der Waals surface area contributed by atoms with Crippen LogP contribution >= 0.6 is 0 Å². The van der Waals surface area contributed by atoms with Gasteiger partial charge in [-0.05, 0) is 48.7 Å². The molecule has 0 spiro atoms. The third-order valence-corrected chi connectivity index (χ3v) is 5.26. The first-order chi connectivity index (χ1) is 12.9. The van der Waals surface area contributed by atoms with Crippen LogP contribution in [-0.2, 0) is 17.4 Å². The van der Waals surface area contributed by atoms with E-state index in [-0.39, 0.29) is 23.9 Å². The van der Waals surface area contributed by atoms with Gasteiger partial charge in [-0.3, -0.25) is 9.36 Å². The molecule has 27 heavy (non-hydrogen) atoms. The van der Waals surface area contributed by atoms with Crippen LogP contribution in [0.15, 0.2) is 30.3 Å². The number of halogens is 3. The van der Waals surface area contributed by atoms with Crippen molar-refractivity contribution in [2.75, 3.05) is 5.32 Å². The predicted octanol–water partition coefficient (Wildman–Crippen LogP) is 4.20. The summed E-state index contributed by atoms with van der Waals surface area (Å²) in [6.45, 7) is 0. The van der Waals surface area contributed by atoms with E-state index in [1.165, 1.54) is 6.07 Å². The van der Waals surface area contributed by atoms with Gasteiger partial charge in [-0.15, -0.1) is 0 Å². The number of benzene rings is 1. The number of nitrogens with one attached hydrogen (secondary N) is 1. The highest BCUT2D eigenvalue weighted by atomic mass is 19.4. The van der Waals surface area contributed by atoms with Crippen molar-refractivity contribution in [3.63, 3.8) is 0 Å². The van der Waals surface area contributed by atoms with Crippen LogP contribution in [0.5, 0.6) is 0 Å². The molecule has 1 aliphatic carbocycles. The van der Waals surface area contributed by atoms with Gasteiger partial charge in [0, 0.05) is 17.3 Å². The number of alkyl halides is 3. The van der Waals surface area contributed by atoms with Crippen LogP contribution in [-0.4, -0.2) is 20.4 Å². The lowest BCUT2D eigenvalue weighted by molar-refractivity contribution is -0.141. The number of pyridine rings is 1. The summed E-state index contributed by atoms with van der Waals surface area (Å²) in [6, 6.07) is 7.74. The topological polar surface area (TPSA) is 59.8 Å². The standard InChI is InChI=1S/C19H15F3N4O/c20-19(21,22)15-7-6-14-18(25-15)26(17(24-14)10-2-1-3-10)12-4-5-13-11(8-12)9-16(27)23-13/h4-8,10H,1-3,9H2,(H,23,27). The first-order valence-corrected chi connectivity index (χ1v) is 8.80. The van der Waals surface area contributed by atoms with Gasteiger partial charge in [0.2, 0.25) is 5.91 Å². The molecular formula is C19H15F3N4O. The van der Waals surface area contributed by atoms with E-state index in [2.05, 4.69) is 15.3 Å². The van der Waals surface area contributed by atoms with Gasteiger partial charge in [-0.2, -0.15) is 13.2 Å². The van der Waals surface area contributed by atoms with Gasteiger partial charge in [0.1, 0.15) is 17.0 Å². The number of fused-ring (bicyclic) bond motifs is 2. The Morgan fingerprint density at radius 3 is 2.63 bits per heavy atom. The first kappa shape index (κ1) is 16.3. The third-order valence-electron chi connectivity index (χ3n) is 5.26. The molecule has 1 aliphatic heterocycles.